The Morgan fingerprint density at radius 2 is 2.00 bits per heavy atom. The van der Waals surface area contributed by atoms with E-state index >= 15 is 0 Å². The number of rotatable bonds is 3. The summed E-state index contributed by atoms with van der Waals surface area (Å²) in [4.78, 5) is 0. The lowest BCUT2D eigenvalue weighted by Gasteiger charge is -2.30. The van der Waals surface area contributed by atoms with Crippen molar-refractivity contribution in [1.82, 2.24) is 0 Å². The van der Waals surface area contributed by atoms with Crippen LogP contribution in [0.5, 0.6) is 0 Å². The number of hydrogen-bond acceptors (Lipinski definition) is 1. The van der Waals surface area contributed by atoms with Gasteiger partial charge in [-0.1, -0.05) is 31.1 Å². The molecule has 0 spiro atoms. The fourth-order valence-electron chi connectivity index (χ4n) is 2.22. The van der Waals surface area contributed by atoms with Crippen LogP contribution in [0.2, 0.25) is 0 Å². The molecule has 1 rings (SSSR count). The van der Waals surface area contributed by atoms with Crippen molar-refractivity contribution in [3.05, 3.63) is 22.8 Å². The Morgan fingerprint density at radius 3 is 2.40 bits per heavy atom. The molecule has 0 heterocycles. The molecule has 0 amide bonds. The average Bonchev–Trinajstić information content (AvgIpc) is 2.43. The maximum atomic E-state index is 9.09. The van der Waals surface area contributed by atoms with Gasteiger partial charge < -0.3 is 5.11 Å². The van der Waals surface area contributed by atoms with Crippen LogP contribution < -0.4 is 0 Å². The summed E-state index contributed by atoms with van der Waals surface area (Å²) in [6.07, 6.45) is 4.67. The molecule has 1 nitrogen and oxygen atoms in total. The third-order valence-corrected chi connectivity index (χ3v) is 4.26. The second-order valence-electron chi connectivity index (χ2n) is 5.46. The molecule has 1 heteroatoms. The molecule has 1 unspecified atom stereocenters. The Bertz CT molecular complexity index is 294. The van der Waals surface area contributed by atoms with Crippen molar-refractivity contribution in [3.8, 4) is 0 Å². The Balaban J connectivity index is 2.71. The maximum Gasteiger partial charge on any atom is 0.0641 e. The first kappa shape index (κ1) is 12.5. The first-order chi connectivity index (χ1) is 6.89. The topological polar surface area (TPSA) is 20.2 Å². The molecular weight excluding hydrogens is 184 g/mol. The zero-order valence-electron chi connectivity index (χ0n) is 10.7. The molecule has 0 aromatic heterocycles. The number of aliphatic hydroxyl groups is 1. The zero-order valence-corrected chi connectivity index (χ0v) is 10.7. The van der Waals surface area contributed by atoms with Crippen LogP contribution in [0.4, 0.5) is 0 Å². The first-order valence-electron chi connectivity index (χ1n) is 5.83. The third-order valence-electron chi connectivity index (χ3n) is 4.26. The van der Waals surface area contributed by atoms with Crippen LogP contribution in [-0.2, 0) is 0 Å². The summed E-state index contributed by atoms with van der Waals surface area (Å²) in [6, 6.07) is 0. The number of aliphatic hydroxyl groups excluding tert-OH is 1. The van der Waals surface area contributed by atoms with E-state index in [0.717, 1.165) is 12.0 Å². The SMILES string of the molecule is CC1=CCC(CC(C)=C(C)CO)C1(C)C. The maximum absolute atomic E-state index is 9.09. The second kappa shape index (κ2) is 4.52. The molecule has 86 valence electrons. The second-order valence-corrected chi connectivity index (χ2v) is 5.46. The van der Waals surface area contributed by atoms with Crippen molar-refractivity contribution >= 4 is 0 Å². The fraction of sp³-hybridized carbons (Fsp3) is 0.714. The first-order valence-corrected chi connectivity index (χ1v) is 5.83. The predicted molar refractivity (Wildman–Crippen MR) is 65.7 cm³/mol. The van der Waals surface area contributed by atoms with E-state index in [9.17, 15) is 0 Å². The van der Waals surface area contributed by atoms with Crippen LogP contribution >= 0.6 is 0 Å². The lowest BCUT2D eigenvalue weighted by Crippen LogP contribution is -2.20. The van der Waals surface area contributed by atoms with Crippen molar-refractivity contribution in [1.29, 1.82) is 0 Å². The van der Waals surface area contributed by atoms with E-state index in [0.29, 0.717) is 11.3 Å². The zero-order chi connectivity index (χ0) is 11.6. The van der Waals surface area contributed by atoms with Crippen molar-refractivity contribution in [2.45, 2.75) is 47.5 Å². The predicted octanol–water partition coefficient (Wildman–Crippen LogP) is 3.70. The number of allylic oxidation sites excluding steroid dienone is 3. The molecule has 0 aromatic rings. The normalized spacial score (nSPS) is 26.3. The van der Waals surface area contributed by atoms with Gasteiger partial charge in [0.2, 0.25) is 0 Å². The van der Waals surface area contributed by atoms with Gasteiger partial charge in [-0.2, -0.15) is 0 Å². The highest BCUT2D eigenvalue weighted by Crippen LogP contribution is 2.45. The molecule has 0 bridgehead atoms. The molecule has 0 fully saturated rings. The molecule has 0 aromatic carbocycles. The average molecular weight is 208 g/mol. The van der Waals surface area contributed by atoms with E-state index in [4.69, 9.17) is 5.11 Å². The minimum absolute atomic E-state index is 0.200. The van der Waals surface area contributed by atoms with Crippen LogP contribution in [-0.4, -0.2) is 11.7 Å². The third kappa shape index (κ3) is 2.52. The van der Waals surface area contributed by atoms with Gasteiger partial charge >= 0.3 is 0 Å². The molecule has 0 aliphatic heterocycles. The van der Waals surface area contributed by atoms with E-state index in [1.54, 1.807) is 0 Å². The van der Waals surface area contributed by atoms with E-state index < -0.39 is 0 Å². The largest absolute Gasteiger partial charge is 0.392 e. The summed E-state index contributed by atoms with van der Waals surface area (Å²) in [5.74, 6) is 0.707. The van der Waals surface area contributed by atoms with Gasteiger partial charge in [0, 0.05) is 0 Å². The van der Waals surface area contributed by atoms with Gasteiger partial charge in [-0.3, -0.25) is 0 Å². The van der Waals surface area contributed by atoms with Gasteiger partial charge in [-0.25, -0.2) is 0 Å². The van der Waals surface area contributed by atoms with Gasteiger partial charge in [0.15, 0.2) is 0 Å². The van der Waals surface area contributed by atoms with Gasteiger partial charge in [0.1, 0.15) is 0 Å². The highest BCUT2D eigenvalue weighted by molar-refractivity contribution is 5.21. The Kier molecular flexibility index (Phi) is 3.77. The van der Waals surface area contributed by atoms with Crippen molar-refractivity contribution < 1.29 is 5.11 Å². The van der Waals surface area contributed by atoms with Crippen LogP contribution in [0, 0.1) is 11.3 Å². The van der Waals surface area contributed by atoms with Crippen LogP contribution in [0.25, 0.3) is 0 Å². The standard InChI is InChI=1S/C14H24O/c1-10(11(2)9-15)8-13-7-6-12(3)14(13,4)5/h6,13,15H,7-9H2,1-5H3. The van der Waals surface area contributed by atoms with Crippen molar-refractivity contribution in [2.75, 3.05) is 6.61 Å². The van der Waals surface area contributed by atoms with Crippen molar-refractivity contribution in [2.24, 2.45) is 11.3 Å². The summed E-state index contributed by atoms with van der Waals surface area (Å²) in [6.45, 7) is 11.3. The van der Waals surface area contributed by atoms with Gasteiger partial charge in [-0.15, -0.1) is 0 Å². The fourth-order valence-corrected chi connectivity index (χ4v) is 2.22. The summed E-state index contributed by atoms with van der Waals surface area (Å²) < 4.78 is 0. The molecule has 0 radical (unpaired) electrons. The highest BCUT2D eigenvalue weighted by atomic mass is 16.3. The molecule has 1 aliphatic carbocycles. The summed E-state index contributed by atoms with van der Waals surface area (Å²) in [5, 5.41) is 9.09. The summed E-state index contributed by atoms with van der Waals surface area (Å²) in [5.41, 5.74) is 4.34. The quantitative estimate of drug-likeness (QED) is 0.701. The van der Waals surface area contributed by atoms with Crippen molar-refractivity contribution in [3.63, 3.8) is 0 Å². The monoisotopic (exact) mass is 208 g/mol. The molecule has 15 heavy (non-hydrogen) atoms. The number of hydrogen-bond donors (Lipinski definition) is 1. The minimum Gasteiger partial charge on any atom is -0.392 e. The lowest BCUT2D eigenvalue weighted by atomic mass is 9.74. The Hall–Kier alpha value is -0.560. The van der Waals surface area contributed by atoms with Crippen LogP contribution in [0.15, 0.2) is 22.8 Å². The van der Waals surface area contributed by atoms with E-state index in [-0.39, 0.29) is 6.61 Å². The summed E-state index contributed by atoms with van der Waals surface area (Å²) in [7, 11) is 0. The molecule has 1 N–H and O–H groups in total. The van der Waals surface area contributed by atoms with Gasteiger partial charge in [0.05, 0.1) is 6.61 Å². The van der Waals surface area contributed by atoms with Crippen LogP contribution in [0.1, 0.15) is 47.5 Å². The summed E-state index contributed by atoms with van der Waals surface area (Å²) >= 11 is 0. The smallest absolute Gasteiger partial charge is 0.0641 e. The molecule has 1 atom stereocenters. The van der Waals surface area contributed by atoms with E-state index in [1.165, 1.54) is 17.6 Å². The lowest BCUT2D eigenvalue weighted by molar-refractivity contribution is 0.286. The Labute approximate surface area is 93.9 Å². The molecule has 0 saturated heterocycles. The van der Waals surface area contributed by atoms with E-state index in [1.807, 2.05) is 6.92 Å². The van der Waals surface area contributed by atoms with Gasteiger partial charge in [0.25, 0.3) is 0 Å². The molecular formula is C14H24O. The minimum atomic E-state index is 0.200. The molecule has 1 aliphatic rings. The highest BCUT2D eigenvalue weighted by Gasteiger charge is 2.34. The Morgan fingerprint density at radius 1 is 1.40 bits per heavy atom. The van der Waals surface area contributed by atoms with Gasteiger partial charge in [-0.05, 0) is 50.5 Å². The van der Waals surface area contributed by atoms with E-state index in [2.05, 4.69) is 33.8 Å². The van der Waals surface area contributed by atoms with Crippen LogP contribution in [0.3, 0.4) is 0 Å². The molecule has 0 saturated carbocycles.